The Morgan fingerprint density at radius 2 is 2.00 bits per heavy atom. The minimum atomic E-state index is -0.790. The van der Waals surface area contributed by atoms with E-state index in [0.717, 1.165) is 34.5 Å². The summed E-state index contributed by atoms with van der Waals surface area (Å²) in [5.41, 5.74) is 5.74. The molecule has 1 aromatic heterocycles. The lowest BCUT2D eigenvalue weighted by molar-refractivity contribution is -0.144. The fourth-order valence-corrected chi connectivity index (χ4v) is 5.88. The maximum Gasteiger partial charge on any atom is 0.246 e. The molecule has 2 heterocycles. The van der Waals surface area contributed by atoms with Crippen LogP contribution in [0, 0.1) is 12.3 Å². The van der Waals surface area contributed by atoms with E-state index >= 15 is 0 Å². The molecule has 2 aliphatic rings. The average Bonchev–Trinajstić information content (AvgIpc) is 3.49. The van der Waals surface area contributed by atoms with Crippen LogP contribution in [0.25, 0.3) is 10.4 Å². The van der Waals surface area contributed by atoms with Crippen molar-refractivity contribution in [3.63, 3.8) is 0 Å². The molecule has 1 fully saturated rings. The SMILES string of the molecule is CC(=O)NC(C(=O)N1C[C@H](O)C[C@H]1C(=O)N[C@H]1CCc2cc(-c3scnc3C)ccc21)C(C)(C)C. The minimum absolute atomic E-state index is 0.0713. The van der Waals surface area contributed by atoms with Crippen LogP contribution < -0.4 is 10.6 Å². The smallest absolute Gasteiger partial charge is 0.246 e. The van der Waals surface area contributed by atoms with Gasteiger partial charge < -0.3 is 20.6 Å². The first-order chi connectivity index (χ1) is 16.5. The molecule has 0 bridgehead atoms. The molecule has 0 saturated carbocycles. The van der Waals surface area contributed by atoms with Crippen LogP contribution in [0.4, 0.5) is 0 Å². The standard InChI is InChI=1S/C26H34N4O4S/c1-14-22(35-13-27-14)17-6-8-19-16(10-17)7-9-20(19)29-24(33)21-11-18(32)12-30(21)25(34)23(26(3,4)5)28-15(2)31/h6,8,10,13,18,20-21,23,32H,7,9,11-12H2,1-5H3,(H,28,31)(H,29,33)/t18-,20+,21+,23?/m1/s1. The topological polar surface area (TPSA) is 112 Å². The van der Waals surface area contributed by atoms with E-state index in [1.54, 1.807) is 11.3 Å². The van der Waals surface area contributed by atoms with Crippen LogP contribution in [0.1, 0.15) is 63.4 Å². The van der Waals surface area contributed by atoms with Crippen LogP contribution in [0.5, 0.6) is 0 Å². The highest BCUT2D eigenvalue weighted by molar-refractivity contribution is 7.13. The van der Waals surface area contributed by atoms with E-state index < -0.39 is 23.6 Å². The number of thiazole rings is 1. The molecular formula is C26H34N4O4S. The molecule has 1 aliphatic carbocycles. The first kappa shape index (κ1) is 25.3. The molecule has 3 N–H and O–H groups in total. The van der Waals surface area contributed by atoms with E-state index in [9.17, 15) is 19.5 Å². The molecule has 1 aliphatic heterocycles. The van der Waals surface area contributed by atoms with Gasteiger partial charge in [0.2, 0.25) is 17.7 Å². The van der Waals surface area contributed by atoms with Gasteiger partial charge in [-0.05, 0) is 47.9 Å². The Labute approximate surface area is 210 Å². The Morgan fingerprint density at radius 3 is 2.63 bits per heavy atom. The highest BCUT2D eigenvalue weighted by Crippen LogP contribution is 2.36. The summed E-state index contributed by atoms with van der Waals surface area (Å²) < 4.78 is 0. The summed E-state index contributed by atoms with van der Waals surface area (Å²) in [6.45, 7) is 9.04. The summed E-state index contributed by atoms with van der Waals surface area (Å²) in [6, 6.07) is 4.61. The summed E-state index contributed by atoms with van der Waals surface area (Å²) >= 11 is 1.62. The number of aliphatic hydroxyl groups is 1. The van der Waals surface area contributed by atoms with Crippen molar-refractivity contribution >= 4 is 29.1 Å². The zero-order valence-electron chi connectivity index (χ0n) is 20.9. The largest absolute Gasteiger partial charge is 0.391 e. The predicted molar refractivity (Wildman–Crippen MR) is 135 cm³/mol. The van der Waals surface area contributed by atoms with Crippen LogP contribution in [0.15, 0.2) is 23.7 Å². The number of carbonyl (C=O) groups is 3. The molecule has 1 aromatic carbocycles. The third kappa shape index (κ3) is 5.26. The number of β-amino-alcohol motifs (C(OH)–C–C–N with tert-alkyl or cyclic N) is 1. The van der Waals surface area contributed by atoms with E-state index in [1.807, 2.05) is 33.2 Å². The van der Waals surface area contributed by atoms with Crippen LogP contribution in [-0.4, -0.2) is 57.4 Å². The summed E-state index contributed by atoms with van der Waals surface area (Å²) in [6.07, 6.45) is 1.04. The summed E-state index contributed by atoms with van der Waals surface area (Å²) in [4.78, 5) is 45.4. The lowest BCUT2D eigenvalue weighted by Crippen LogP contribution is -2.57. The van der Waals surface area contributed by atoms with Gasteiger partial charge in [-0.3, -0.25) is 14.4 Å². The number of hydrogen-bond acceptors (Lipinski definition) is 6. The fraction of sp³-hybridized carbons (Fsp3) is 0.538. The molecule has 9 heteroatoms. The monoisotopic (exact) mass is 498 g/mol. The van der Waals surface area contributed by atoms with Crippen molar-refractivity contribution in [2.24, 2.45) is 5.41 Å². The van der Waals surface area contributed by atoms with Crippen LogP contribution >= 0.6 is 11.3 Å². The van der Waals surface area contributed by atoms with Crippen molar-refractivity contribution in [1.29, 1.82) is 0 Å². The summed E-state index contributed by atoms with van der Waals surface area (Å²) in [7, 11) is 0. The van der Waals surface area contributed by atoms with Gasteiger partial charge in [-0.2, -0.15) is 0 Å². The first-order valence-electron chi connectivity index (χ1n) is 12.0. The van der Waals surface area contributed by atoms with Gasteiger partial charge >= 0.3 is 0 Å². The van der Waals surface area contributed by atoms with Gasteiger partial charge in [0, 0.05) is 19.9 Å². The van der Waals surface area contributed by atoms with Crippen molar-refractivity contribution in [3.8, 4) is 10.4 Å². The number of likely N-dealkylation sites (tertiary alicyclic amines) is 1. The van der Waals surface area contributed by atoms with Crippen LogP contribution in [0.2, 0.25) is 0 Å². The van der Waals surface area contributed by atoms with Gasteiger partial charge in [0.15, 0.2) is 0 Å². The first-order valence-corrected chi connectivity index (χ1v) is 12.9. The Morgan fingerprint density at radius 1 is 1.26 bits per heavy atom. The number of benzene rings is 1. The highest BCUT2D eigenvalue weighted by atomic mass is 32.1. The molecule has 8 nitrogen and oxygen atoms in total. The second-order valence-electron chi connectivity index (χ2n) is 10.7. The summed E-state index contributed by atoms with van der Waals surface area (Å²) in [5, 5.41) is 16.2. The number of hydrogen-bond donors (Lipinski definition) is 3. The van der Waals surface area contributed by atoms with Gasteiger partial charge in [-0.15, -0.1) is 11.3 Å². The van der Waals surface area contributed by atoms with Crippen molar-refractivity contribution in [2.45, 2.75) is 78.1 Å². The predicted octanol–water partition coefficient (Wildman–Crippen LogP) is 2.73. The van der Waals surface area contributed by atoms with Crippen molar-refractivity contribution in [3.05, 3.63) is 40.5 Å². The van der Waals surface area contributed by atoms with Crippen LogP contribution in [0.3, 0.4) is 0 Å². The molecule has 3 amide bonds. The third-order valence-electron chi connectivity index (χ3n) is 6.87. The zero-order chi connectivity index (χ0) is 25.5. The van der Waals surface area contributed by atoms with Crippen molar-refractivity contribution in [2.75, 3.05) is 6.54 Å². The third-order valence-corrected chi connectivity index (χ3v) is 7.85. The molecular weight excluding hydrogens is 464 g/mol. The maximum atomic E-state index is 13.4. The van der Waals surface area contributed by atoms with Gasteiger partial charge in [0.25, 0.3) is 0 Å². The maximum absolute atomic E-state index is 13.4. The Kier molecular flexibility index (Phi) is 7.02. The Bertz CT molecular complexity index is 1140. The normalized spacial score (nSPS) is 22.6. The minimum Gasteiger partial charge on any atom is -0.391 e. The molecule has 35 heavy (non-hydrogen) atoms. The molecule has 188 valence electrons. The fourth-order valence-electron chi connectivity index (χ4n) is 5.08. The molecule has 0 radical (unpaired) electrons. The van der Waals surface area contributed by atoms with Crippen molar-refractivity contribution < 1.29 is 19.5 Å². The van der Waals surface area contributed by atoms with E-state index in [4.69, 9.17) is 0 Å². The lowest BCUT2D eigenvalue weighted by Gasteiger charge is -2.35. The molecule has 1 saturated heterocycles. The molecule has 0 spiro atoms. The average molecular weight is 499 g/mol. The van der Waals surface area contributed by atoms with Crippen molar-refractivity contribution in [1.82, 2.24) is 20.5 Å². The second-order valence-corrected chi connectivity index (χ2v) is 11.5. The number of carbonyl (C=O) groups excluding carboxylic acids is 3. The Hall–Kier alpha value is -2.78. The van der Waals surface area contributed by atoms with Gasteiger partial charge in [0.05, 0.1) is 28.2 Å². The lowest BCUT2D eigenvalue weighted by atomic mass is 9.85. The van der Waals surface area contributed by atoms with Gasteiger partial charge in [-0.1, -0.05) is 32.9 Å². The number of aromatic nitrogens is 1. The van der Waals surface area contributed by atoms with Gasteiger partial charge in [-0.25, -0.2) is 4.98 Å². The number of rotatable bonds is 5. The van der Waals surface area contributed by atoms with E-state index in [0.29, 0.717) is 0 Å². The van der Waals surface area contributed by atoms with Crippen LogP contribution in [-0.2, 0) is 20.8 Å². The van der Waals surface area contributed by atoms with E-state index in [1.165, 1.54) is 17.4 Å². The highest BCUT2D eigenvalue weighted by Gasteiger charge is 2.44. The van der Waals surface area contributed by atoms with Gasteiger partial charge in [0.1, 0.15) is 12.1 Å². The molecule has 2 aromatic rings. The molecule has 4 rings (SSSR count). The number of fused-ring (bicyclic) bond motifs is 1. The second kappa shape index (κ2) is 9.70. The zero-order valence-corrected chi connectivity index (χ0v) is 21.7. The summed E-state index contributed by atoms with van der Waals surface area (Å²) in [5.74, 6) is -0.930. The number of nitrogens with one attached hydrogen (secondary N) is 2. The molecule has 4 atom stereocenters. The number of nitrogens with zero attached hydrogens (tertiary/aromatic N) is 2. The molecule has 1 unspecified atom stereocenters. The number of amides is 3. The van der Waals surface area contributed by atoms with E-state index in [-0.39, 0.29) is 36.7 Å². The van der Waals surface area contributed by atoms with E-state index in [2.05, 4.69) is 33.8 Å². The number of aliphatic hydroxyl groups excluding tert-OH is 1. The number of aryl methyl sites for hydroxylation is 2. The Balaban J connectivity index is 1.50. The quantitative estimate of drug-likeness (QED) is 0.587.